The van der Waals surface area contributed by atoms with Gasteiger partial charge in [0.05, 0.1) is 6.54 Å². The van der Waals surface area contributed by atoms with Crippen LogP contribution in [-0.4, -0.2) is 30.1 Å². The minimum Gasteiger partial charge on any atom is -0.211 e. The molecule has 0 saturated carbocycles. The molecule has 0 amide bonds. The Morgan fingerprint density at radius 2 is 1.38 bits per heavy atom. The molecule has 2 aromatic carbocycles. The molecular formula is C20H23FN2O2S. The van der Waals surface area contributed by atoms with Crippen LogP contribution in [0.4, 0.5) is 4.39 Å². The van der Waals surface area contributed by atoms with Crippen LogP contribution in [0.5, 0.6) is 0 Å². The highest BCUT2D eigenvalue weighted by Gasteiger charge is 2.29. The quantitative estimate of drug-likeness (QED) is 0.592. The zero-order valence-electron chi connectivity index (χ0n) is 14.6. The molecule has 0 saturated heterocycles. The molecule has 26 heavy (non-hydrogen) atoms. The van der Waals surface area contributed by atoms with Gasteiger partial charge >= 0.3 is 0 Å². The summed E-state index contributed by atoms with van der Waals surface area (Å²) in [6.45, 7) is 6.85. The van der Waals surface area contributed by atoms with Gasteiger partial charge in [-0.25, -0.2) is 4.39 Å². The molecule has 0 N–H and O–H groups in total. The van der Waals surface area contributed by atoms with E-state index < -0.39 is 16.0 Å². The van der Waals surface area contributed by atoms with Gasteiger partial charge in [-0.3, -0.25) is 0 Å². The van der Waals surface area contributed by atoms with Gasteiger partial charge in [0.1, 0.15) is 5.83 Å². The first-order valence-electron chi connectivity index (χ1n) is 8.20. The Balaban J connectivity index is 2.31. The molecule has 2 rings (SSSR count). The molecule has 0 aliphatic carbocycles. The topological polar surface area (TPSA) is 40.6 Å². The summed E-state index contributed by atoms with van der Waals surface area (Å²) in [4.78, 5) is 0. The second-order valence-electron chi connectivity index (χ2n) is 5.85. The molecular weight excluding hydrogens is 351 g/mol. The fraction of sp³-hybridized carbons (Fsp3) is 0.200. The van der Waals surface area contributed by atoms with E-state index in [2.05, 4.69) is 13.2 Å². The van der Waals surface area contributed by atoms with Gasteiger partial charge in [-0.05, 0) is 11.1 Å². The number of halogens is 1. The van der Waals surface area contributed by atoms with Crippen LogP contribution in [0.2, 0.25) is 0 Å². The number of hydrogen-bond acceptors (Lipinski definition) is 2. The predicted molar refractivity (Wildman–Crippen MR) is 103 cm³/mol. The monoisotopic (exact) mass is 374 g/mol. The lowest BCUT2D eigenvalue weighted by atomic mass is 10.2. The largest absolute Gasteiger partial charge is 0.283 e. The van der Waals surface area contributed by atoms with Crippen LogP contribution < -0.4 is 0 Å². The number of nitrogens with zero attached hydrogens (tertiary/aromatic N) is 2. The van der Waals surface area contributed by atoms with Crippen LogP contribution >= 0.6 is 0 Å². The average molecular weight is 374 g/mol. The maximum atomic E-state index is 13.5. The lowest BCUT2D eigenvalue weighted by molar-refractivity contribution is 0.340. The summed E-state index contributed by atoms with van der Waals surface area (Å²) < 4.78 is 42.2. The second-order valence-corrected chi connectivity index (χ2v) is 7.77. The van der Waals surface area contributed by atoms with E-state index in [9.17, 15) is 12.8 Å². The van der Waals surface area contributed by atoms with E-state index in [1.165, 1.54) is 10.4 Å². The average Bonchev–Trinajstić information content (AvgIpc) is 2.62. The van der Waals surface area contributed by atoms with Crippen molar-refractivity contribution in [2.75, 3.05) is 13.1 Å². The van der Waals surface area contributed by atoms with E-state index in [0.717, 1.165) is 15.4 Å². The van der Waals surface area contributed by atoms with E-state index in [-0.39, 0.29) is 26.2 Å². The zero-order valence-corrected chi connectivity index (χ0v) is 15.4. The molecule has 0 aliphatic rings. The van der Waals surface area contributed by atoms with Crippen molar-refractivity contribution in [3.05, 3.63) is 96.9 Å². The number of benzene rings is 2. The summed E-state index contributed by atoms with van der Waals surface area (Å²) in [6.07, 6.45) is 1.52. The van der Waals surface area contributed by atoms with Crippen LogP contribution in [-0.2, 0) is 23.3 Å². The Labute approximate surface area is 155 Å². The Bertz CT molecular complexity index is 823. The molecule has 0 atom stereocenters. The molecule has 0 bridgehead atoms. The van der Waals surface area contributed by atoms with E-state index in [4.69, 9.17) is 0 Å². The van der Waals surface area contributed by atoms with Crippen LogP contribution in [0.25, 0.3) is 0 Å². The van der Waals surface area contributed by atoms with Gasteiger partial charge < -0.3 is 0 Å². The van der Waals surface area contributed by atoms with Gasteiger partial charge in [0.25, 0.3) is 10.2 Å². The van der Waals surface area contributed by atoms with E-state index in [1.54, 1.807) is 12.1 Å². The van der Waals surface area contributed by atoms with Gasteiger partial charge in [-0.1, -0.05) is 73.3 Å². The van der Waals surface area contributed by atoms with Gasteiger partial charge in [0, 0.05) is 19.6 Å². The molecule has 2 aromatic rings. The molecule has 0 aliphatic heterocycles. The summed E-state index contributed by atoms with van der Waals surface area (Å²) in [5.41, 5.74) is 1.62. The number of hydrogen-bond donors (Lipinski definition) is 0. The third kappa shape index (κ3) is 5.62. The highest BCUT2D eigenvalue weighted by molar-refractivity contribution is 7.86. The zero-order chi connectivity index (χ0) is 19.0. The first kappa shape index (κ1) is 20.0. The summed E-state index contributed by atoms with van der Waals surface area (Å²) in [7, 11) is -3.92. The molecule has 0 fully saturated rings. The van der Waals surface area contributed by atoms with Gasteiger partial charge in [-0.15, -0.1) is 6.58 Å². The van der Waals surface area contributed by atoms with Crippen LogP contribution in [0.3, 0.4) is 0 Å². The highest BCUT2D eigenvalue weighted by atomic mass is 32.2. The summed E-state index contributed by atoms with van der Waals surface area (Å²) >= 11 is 0. The first-order chi connectivity index (χ1) is 12.4. The summed E-state index contributed by atoms with van der Waals surface area (Å²) in [5.74, 6) is -0.706. The first-order valence-corrected chi connectivity index (χ1v) is 9.60. The lowest BCUT2D eigenvalue weighted by Gasteiger charge is -2.29. The minimum atomic E-state index is -3.92. The Hall–Kier alpha value is -2.28. The van der Waals surface area contributed by atoms with Gasteiger partial charge in [-0.2, -0.15) is 17.0 Å². The maximum Gasteiger partial charge on any atom is 0.283 e. The van der Waals surface area contributed by atoms with E-state index in [1.807, 2.05) is 48.5 Å². The minimum absolute atomic E-state index is 0.0640. The van der Waals surface area contributed by atoms with Crippen molar-refractivity contribution in [1.29, 1.82) is 0 Å². The molecule has 0 radical (unpaired) electrons. The molecule has 6 heteroatoms. The van der Waals surface area contributed by atoms with Crippen molar-refractivity contribution in [2.24, 2.45) is 0 Å². The van der Waals surface area contributed by atoms with Crippen molar-refractivity contribution in [3.8, 4) is 0 Å². The van der Waals surface area contributed by atoms with Gasteiger partial charge in [0.15, 0.2) is 0 Å². The third-order valence-electron chi connectivity index (χ3n) is 3.74. The SMILES string of the molecule is C=CCN(Cc1ccccc1)S(=O)(=O)N(CC(=C)F)Cc1ccccc1. The van der Waals surface area contributed by atoms with Crippen molar-refractivity contribution in [3.63, 3.8) is 0 Å². The number of rotatable bonds is 10. The van der Waals surface area contributed by atoms with Crippen molar-refractivity contribution < 1.29 is 12.8 Å². The fourth-order valence-electron chi connectivity index (χ4n) is 2.53. The van der Waals surface area contributed by atoms with Crippen molar-refractivity contribution in [2.45, 2.75) is 13.1 Å². The normalized spacial score (nSPS) is 11.7. The molecule has 0 aromatic heterocycles. The molecule has 138 valence electrons. The predicted octanol–water partition coefficient (Wildman–Crippen LogP) is 3.90. The summed E-state index contributed by atoms with van der Waals surface area (Å²) in [6, 6.07) is 18.3. The smallest absolute Gasteiger partial charge is 0.211 e. The molecule has 0 heterocycles. The van der Waals surface area contributed by atoms with E-state index in [0.29, 0.717) is 0 Å². The molecule has 4 nitrogen and oxygen atoms in total. The van der Waals surface area contributed by atoms with Gasteiger partial charge in [0.2, 0.25) is 0 Å². The molecule has 0 unspecified atom stereocenters. The second kappa shape index (κ2) is 9.43. The molecule has 0 spiro atoms. The Kier molecular flexibility index (Phi) is 7.26. The lowest BCUT2D eigenvalue weighted by Crippen LogP contribution is -2.43. The fourth-order valence-corrected chi connectivity index (χ4v) is 4.08. The van der Waals surface area contributed by atoms with Crippen LogP contribution in [0.1, 0.15) is 11.1 Å². The third-order valence-corrected chi connectivity index (χ3v) is 5.58. The van der Waals surface area contributed by atoms with Crippen molar-refractivity contribution in [1.82, 2.24) is 8.61 Å². The Morgan fingerprint density at radius 1 is 0.923 bits per heavy atom. The standard InChI is InChI=1S/C20H23FN2O2S/c1-3-14-22(16-19-10-6-4-7-11-19)26(24,25)23(15-18(2)21)17-20-12-8-5-9-13-20/h3-13H,1-2,14-17H2. The van der Waals surface area contributed by atoms with Crippen molar-refractivity contribution >= 4 is 10.2 Å². The Morgan fingerprint density at radius 3 is 1.81 bits per heavy atom. The summed E-state index contributed by atoms with van der Waals surface area (Å²) in [5, 5.41) is 0. The van der Waals surface area contributed by atoms with Crippen LogP contribution in [0.15, 0.2) is 85.7 Å². The maximum absolute atomic E-state index is 13.5. The van der Waals surface area contributed by atoms with Crippen LogP contribution in [0, 0.1) is 0 Å². The van der Waals surface area contributed by atoms with E-state index >= 15 is 0 Å². The highest BCUT2D eigenvalue weighted by Crippen LogP contribution is 2.18.